The van der Waals surface area contributed by atoms with E-state index in [0.717, 1.165) is 0 Å². The number of halogens is 1. The highest BCUT2D eigenvalue weighted by Crippen LogP contribution is 2.30. The monoisotopic (exact) mass is 306 g/mol. The second-order valence-electron chi connectivity index (χ2n) is 4.20. The average Bonchev–Trinajstić information content (AvgIpc) is 2.47. The van der Waals surface area contributed by atoms with Gasteiger partial charge in [0.05, 0.1) is 23.5 Å². The van der Waals surface area contributed by atoms with Gasteiger partial charge in [-0.3, -0.25) is 4.79 Å². The SMILES string of the molecule is COc1ccccc1NC(=O)COc1c(N)cccc1Cl. The van der Waals surface area contributed by atoms with Crippen LogP contribution in [0.5, 0.6) is 11.5 Å². The molecule has 3 N–H and O–H groups in total. The van der Waals surface area contributed by atoms with E-state index in [1.54, 1.807) is 36.4 Å². The summed E-state index contributed by atoms with van der Waals surface area (Å²) in [6.45, 7) is -0.202. The van der Waals surface area contributed by atoms with Gasteiger partial charge in [-0.2, -0.15) is 0 Å². The van der Waals surface area contributed by atoms with Crippen molar-refractivity contribution >= 4 is 28.9 Å². The molecule has 0 atom stereocenters. The van der Waals surface area contributed by atoms with Crippen molar-refractivity contribution in [2.45, 2.75) is 0 Å². The number of anilines is 2. The molecule has 0 aliphatic carbocycles. The van der Waals surface area contributed by atoms with Crippen molar-refractivity contribution in [3.63, 3.8) is 0 Å². The van der Waals surface area contributed by atoms with Gasteiger partial charge in [-0.1, -0.05) is 29.8 Å². The second kappa shape index (κ2) is 6.85. The van der Waals surface area contributed by atoms with E-state index in [0.29, 0.717) is 27.9 Å². The summed E-state index contributed by atoms with van der Waals surface area (Å²) < 4.78 is 10.5. The Bertz CT molecular complexity index is 626. The van der Waals surface area contributed by atoms with Crippen LogP contribution in [0, 0.1) is 0 Å². The average molecular weight is 307 g/mol. The molecule has 0 saturated carbocycles. The maximum absolute atomic E-state index is 11.9. The van der Waals surface area contributed by atoms with Crippen molar-refractivity contribution in [3.05, 3.63) is 47.5 Å². The predicted molar refractivity (Wildman–Crippen MR) is 83.0 cm³/mol. The zero-order chi connectivity index (χ0) is 15.2. The number of hydrogen-bond acceptors (Lipinski definition) is 4. The maximum atomic E-state index is 11.9. The topological polar surface area (TPSA) is 73.6 Å². The molecule has 6 heteroatoms. The van der Waals surface area contributed by atoms with Crippen LogP contribution in [0.2, 0.25) is 5.02 Å². The molecule has 0 unspecified atom stereocenters. The van der Waals surface area contributed by atoms with E-state index >= 15 is 0 Å². The van der Waals surface area contributed by atoms with E-state index in [9.17, 15) is 4.79 Å². The summed E-state index contributed by atoms with van der Waals surface area (Å²) in [6.07, 6.45) is 0. The number of hydrogen-bond donors (Lipinski definition) is 2. The lowest BCUT2D eigenvalue weighted by atomic mass is 10.3. The standard InChI is InChI=1S/C15H15ClN2O3/c1-20-13-8-3-2-7-12(13)18-14(19)9-21-15-10(16)5-4-6-11(15)17/h2-8H,9,17H2,1H3,(H,18,19). The Balaban J connectivity index is 1.99. The van der Waals surface area contributed by atoms with Gasteiger partial charge in [0.25, 0.3) is 5.91 Å². The quantitative estimate of drug-likeness (QED) is 0.833. The number of nitrogens with one attached hydrogen (secondary N) is 1. The van der Waals surface area contributed by atoms with Gasteiger partial charge in [-0.05, 0) is 24.3 Å². The number of nitrogen functional groups attached to an aromatic ring is 1. The van der Waals surface area contributed by atoms with Gasteiger partial charge in [0.1, 0.15) is 5.75 Å². The highest BCUT2D eigenvalue weighted by atomic mass is 35.5. The Kier molecular flexibility index (Phi) is 4.90. The largest absolute Gasteiger partial charge is 0.495 e. The van der Waals surface area contributed by atoms with Crippen LogP contribution in [0.1, 0.15) is 0 Å². The van der Waals surface area contributed by atoms with Crippen LogP contribution >= 0.6 is 11.6 Å². The first-order valence-corrected chi connectivity index (χ1v) is 6.59. The van der Waals surface area contributed by atoms with Crippen molar-refractivity contribution in [2.24, 2.45) is 0 Å². The molecular formula is C15H15ClN2O3. The highest BCUT2D eigenvalue weighted by Gasteiger charge is 2.10. The van der Waals surface area contributed by atoms with E-state index in [-0.39, 0.29) is 12.5 Å². The third kappa shape index (κ3) is 3.79. The molecule has 0 aliphatic rings. The lowest BCUT2D eigenvalue weighted by Crippen LogP contribution is -2.20. The Labute approximate surface area is 127 Å². The molecule has 0 heterocycles. The molecular weight excluding hydrogens is 292 g/mol. The lowest BCUT2D eigenvalue weighted by molar-refractivity contribution is -0.118. The third-order valence-electron chi connectivity index (χ3n) is 2.73. The van der Waals surface area contributed by atoms with E-state index in [2.05, 4.69) is 5.32 Å². The van der Waals surface area contributed by atoms with Gasteiger partial charge in [0.2, 0.25) is 0 Å². The van der Waals surface area contributed by atoms with Crippen LogP contribution in [0.25, 0.3) is 0 Å². The van der Waals surface area contributed by atoms with Crippen LogP contribution in [-0.2, 0) is 4.79 Å². The number of carbonyl (C=O) groups is 1. The number of para-hydroxylation sites is 3. The zero-order valence-corrected chi connectivity index (χ0v) is 12.2. The highest BCUT2D eigenvalue weighted by molar-refractivity contribution is 6.32. The minimum absolute atomic E-state index is 0.202. The third-order valence-corrected chi connectivity index (χ3v) is 3.02. The molecule has 0 spiro atoms. The number of carbonyl (C=O) groups excluding carboxylic acids is 1. The van der Waals surface area contributed by atoms with Gasteiger partial charge in [-0.15, -0.1) is 0 Å². The molecule has 0 fully saturated rings. The van der Waals surface area contributed by atoms with E-state index in [1.165, 1.54) is 7.11 Å². The first-order valence-electron chi connectivity index (χ1n) is 6.21. The van der Waals surface area contributed by atoms with Gasteiger partial charge >= 0.3 is 0 Å². The molecule has 2 aromatic carbocycles. The van der Waals surface area contributed by atoms with Crippen LogP contribution < -0.4 is 20.5 Å². The summed E-state index contributed by atoms with van der Waals surface area (Å²) in [5, 5.41) is 3.06. The molecule has 2 rings (SSSR count). The van der Waals surface area contributed by atoms with Crippen molar-refractivity contribution in [1.82, 2.24) is 0 Å². The Morgan fingerprint density at radius 1 is 1.24 bits per heavy atom. The molecule has 0 aromatic heterocycles. The number of ether oxygens (including phenoxy) is 2. The fraction of sp³-hybridized carbons (Fsp3) is 0.133. The van der Waals surface area contributed by atoms with Crippen LogP contribution in [0.4, 0.5) is 11.4 Å². The molecule has 5 nitrogen and oxygen atoms in total. The zero-order valence-electron chi connectivity index (χ0n) is 11.4. The van der Waals surface area contributed by atoms with Gasteiger partial charge in [0.15, 0.2) is 12.4 Å². The Hall–Kier alpha value is -2.40. The minimum atomic E-state index is -0.334. The fourth-order valence-electron chi connectivity index (χ4n) is 1.75. The smallest absolute Gasteiger partial charge is 0.262 e. The molecule has 1 amide bonds. The molecule has 0 saturated heterocycles. The predicted octanol–water partition coefficient (Wildman–Crippen LogP) is 2.95. The minimum Gasteiger partial charge on any atom is -0.495 e. The molecule has 0 bridgehead atoms. The van der Waals surface area contributed by atoms with E-state index in [4.69, 9.17) is 26.8 Å². The number of rotatable bonds is 5. The summed E-state index contributed by atoms with van der Waals surface area (Å²) in [5.41, 5.74) is 6.70. The Morgan fingerprint density at radius 2 is 2.00 bits per heavy atom. The number of nitrogens with two attached hydrogens (primary N) is 1. The van der Waals surface area contributed by atoms with Crippen LogP contribution in [-0.4, -0.2) is 19.6 Å². The van der Waals surface area contributed by atoms with Crippen molar-refractivity contribution in [1.29, 1.82) is 0 Å². The molecule has 0 aliphatic heterocycles. The van der Waals surface area contributed by atoms with Crippen LogP contribution in [0.3, 0.4) is 0 Å². The normalized spacial score (nSPS) is 10.0. The van der Waals surface area contributed by atoms with Crippen molar-refractivity contribution < 1.29 is 14.3 Å². The number of benzene rings is 2. The summed E-state index contributed by atoms with van der Waals surface area (Å²) >= 11 is 5.96. The summed E-state index contributed by atoms with van der Waals surface area (Å²) in [6, 6.07) is 12.1. The first-order chi connectivity index (χ1) is 10.1. The van der Waals surface area contributed by atoms with E-state index in [1.807, 2.05) is 6.07 Å². The van der Waals surface area contributed by atoms with Gasteiger partial charge < -0.3 is 20.5 Å². The van der Waals surface area contributed by atoms with Crippen molar-refractivity contribution in [2.75, 3.05) is 24.8 Å². The summed E-state index contributed by atoms with van der Waals surface area (Å²) in [7, 11) is 1.53. The lowest BCUT2D eigenvalue weighted by Gasteiger charge is -2.12. The van der Waals surface area contributed by atoms with Gasteiger partial charge in [0, 0.05) is 0 Å². The van der Waals surface area contributed by atoms with Crippen LogP contribution in [0.15, 0.2) is 42.5 Å². The second-order valence-corrected chi connectivity index (χ2v) is 4.60. The molecule has 110 valence electrons. The molecule has 2 aromatic rings. The number of amides is 1. The Morgan fingerprint density at radius 3 is 2.71 bits per heavy atom. The maximum Gasteiger partial charge on any atom is 0.262 e. The molecule has 0 radical (unpaired) electrons. The molecule has 21 heavy (non-hydrogen) atoms. The van der Waals surface area contributed by atoms with E-state index < -0.39 is 0 Å². The first kappa shape index (κ1) is 15.0. The number of methoxy groups -OCH3 is 1. The van der Waals surface area contributed by atoms with Gasteiger partial charge in [-0.25, -0.2) is 0 Å². The fourth-order valence-corrected chi connectivity index (χ4v) is 1.99. The van der Waals surface area contributed by atoms with Crippen molar-refractivity contribution in [3.8, 4) is 11.5 Å². The summed E-state index contributed by atoms with van der Waals surface area (Å²) in [4.78, 5) is 11.9. The summed E-state index contributed by atoms with van der Waals surface area (Å²) in [5.74, 6) is 0.538.